The Morgan fingerprint density at radius 1 is 1.56 bits per heavy atom. The first kappa shape index (κ1) is 9.08. The van der Waals surface area contributed by atoms with Gasteiger partial charge in [0.25, 0.3) is 0 Å². The molecule has 0 heterocycles. The van der Waals surface area contributed by atoms with Gasteiger partial charge in [-0.1, -0.05) is 0 Å². The third-order valence-electron chi connectivity index (χ3n) is 0.947. The Hall–Kier alpha value is 0.0800. The third kappa shape index (κ3) is 2.05. The number of rotatable bonds is 3. The fraction of sp³-hybridized carbons (Fsp3) is 0.600. The average Bonchev–Trinajstić information content (AvgIpc) is 1.86. The number of alkyl halides is 2. The summed E-state index contributed by atoms with van der Waals surface area (Å²) in [6.07, 6.45) is -2.83. The maximum Gasteiger partial charge on any atom is 0.347 e. The second-order valence-electron chi connectivity index (χ2n) is 1.61. The summed E-state index contributed by atoms with van der Waals surface area (Å²) in [5.41, 5.74) is -2.68. The van der Waals surface area contributed by atoms with Gasteiger partial charge in [-0.15, -0.1) is 11.6 Å². The van der Waals surface area contributed by atoms with Crippen molar-refractivity contribution in [1.82, 2.24) is 0 Å². The second kappa shape index (κ2) is 3.30. The van der Waals surface area contributed by atoms with Crippen molar-refractivity contribution in [3.8, 4) is 0 Å². The van der Waals surface area contributed by atoms with Crippen LogP contribution in [-0.4, -0.2) is 11.5 Å². The van der Waals surface area contributed by atoms with Gasteiger partial charge in [-0.3, -0.25) is 0 Å². The Kier molecular flexibility index (Phi) is 3.33. The van der Waals surface area contributed by atoms with E-state index in [2.05, 4.69) is 6.92 Å². The van der Waals surface area contributed by atoms with Gasteiger partial charge in [0.1, 0.15) is 0 Å². The average molecular weight is 159 g/mol. The van der Waals surface area contributed by atoms with Crippen LogP contribution in [0.3, 0.4) is 0 Å². The van der Waals surface area contributed by atoms with E-state index >= 15 is 0 Å². The molecule has 0 nitrogen and oxygen atoms in total. The maximum atomic E-state index is 12.4. The molecule has 0 aromatic rings. The van der Waals surface area contributed by atoms with E-state index in [4.69, 9.17) is 11.6 Å². The number of hydrogen-bond donors (Lipinski definition) is 0. The van der Waals surface area contributed by atoms with Crippen LogP contribution >= 0.6 is 11.6 Å². The summed E-state index contributed by atoms with van der Waals surface area (Å²) in [6, 6.07) is 0. The molecule has 0 saturated heterocycles. The third-order valence-corrected chi connectivity index (χ3v) is 1.37. The smallest absolute Gasteiger partial charge is 0.236 e. The topological polar surface area (TPSA) is 0 Å². The fourth-order valence-corrected chi connectivity index (χ4v) is 0.446. The second-order valence-corrected chi connectivity index (χ2v) is 1.88. The normalized spacial score (nSPS) is 18.0. The van der Waals surface area contributed by atoms with Crippen LogP contribution in [0.5, 0.6) is 0 Å². The molecule has 0 fully saturated rings. The molecular weight excluding hydrogens is 153 g/mol. The zero-order chi connectivity index (χ0) is 7.49. The lowest BCUT2D eigenvalue weighted by Gasteiger charge is -2.16. The van der Waals surface area contributed by atoms with Crippen LogP contribution in [0, 0.1) is 13.3 Å². The summed E-state index contributed by atoms with van der Waals surface area (Å²) in [5, 5.41) is 0. The van der Waals surface area contributed by atoms with Gasteiger partial charge in [-0.25, -0.2) is 4.39 Å². The molecule has 2 radical (unpaired) electrons. The lowest BCUT2D eigenvalue weighted by Crippen LogP contribution is -2.27. The molecule has 0 aromatic carbocycles. The van der Waals surface area contributed by atoms with Gasteiger partial charge >= 0.3 is 6.43 Å². The summed E-state index contributed by atoms with van der Waals surface area (Å²) in [6.45, 7) is 2.99. The quantitative estimate of drug-likeness (QED) is 0.554. The van der Waals surface area contributed by atoms with Crippen molar-refractivity contribution in [2.75, 3.05) is 5.88 Å². The van der Waals surface area contributed by atoms with Crippen LogP contribution < -0.4 is 0 Å². The van der Waals surface area contributed by atoms with Gasteiger partial charge in [0.15, 0.2) is 5.67 Å². The molecule has 54 valence electrons. The van der Waals surface area contributed by atoms with Gasteiger partial charge in [0.2, 0.25) is 0 Å². The number of hydrogen-bond acceptors (Lipinski definition) is 0. The van der Waals surface area contributed by atoms with E-state index in [1.165, 1.54) is 0 Å². The van der Waals surface area contributed by atoms with E-state index in [9.17, 15) is 13.2 Å². The Labute approximate surface area is 57.0 Å². The lowest BCUT2D eigenvalue weighted by molar-refractivity contribution is 0.0767. The SMILES string of the molecule is [CH2]CC(F)(CCl)[C](F)F. The predicted octanol–water partition coefficient (Wildman–Crippen LogP) is 2.59. The molecule has 0 aromatic heterocycles. The highest BCUT2D eigenvalue weighted by Crippen LogP contribution is 2.31. The lowest BCUT2D eigenvalue weighted by atomic mass is 10.1. The summed E-state index contributed by atoms with van der Waals surface area (Å²) >= 11 is 4.89. The zero-order valence-corrected chi connectivity index (χ0v) is 5.39. The molecule has 0 spiro atoms. The van der Waals surface area contributed by atoms with Gasteiger partial charge in [-0.2, -0.15) is 8.78 Å². The van der Waals surface area contributed by atoms with Crippen LogP contribution in [0.2, 0.25) is 0 Å². The van der Waals surface area contributed by atoms with Gasteiger partial charge in [0.05, 0.1) is 5.88 Å². The fourth-order valence-electron chi connectivity index (χ4n) is 0.212. The molecule has 9 heavy (non-hydrogen) atoms. The minimum Gasteiger partial charge on any atom is -0.236 e. The Morgan fingerprint density at radius 2 is 2.00 bits per heavy atom. The van der Waals surface area contributed by atoms with Crippen molar-refractivity contribution < 1.29 is 13.2 Å². The highest BCUT2D eigenvalue weighted by atomic mass is 35.5. The van der Waals surface area contributed by atoms with Crippen molar-refractivity contribution in [3.63, 3.8) is 0 Å². The van der Waals surface area contributed by atoms with Crippen molar-refractivity contribution >= 4 is 11.6 Å². The predicted molar refractivity (Wildman–Crippen MR) is 30.0 cm³/mol. The van der Waals surface area contributed by atoms with Crippen molar-refractivity contribution in [3.05, 3.63) is 13.3 Å². The van der Waals surface area contributed by atoms with Crippen LogP contribution in [0.15, 0.2) is 0 Å². The van der Waals surface area contributed by atoms with Gasteiger partial charge in [-0.05, 0) is 13.3 Å². The first-order valence-corrected chi connectivity index (χ1v) is 2.83. The maximum absolute atomic E-state index is 12.4. The monoisotopic (exact) mass is 158 g/mol. The molecule has 0 rings (SSSR count). The van der Waals surface area contributed by atoms with E-state index in [-0.39, 0.29) is 0 Å². The molecule has 1 atom stereocenters. The molecule has 1 unspecified atom stereocenters. The van der Waals surface area contributed by atoms with E-state index in [1.807, 2.05) is 0 Å². The van der Waals surface area contributed by atoms with E-state index in [0.29, 0.717) is 0 Å². The standard InChI is InChI=1S/C5H6ClF3/c1-2-5(9,3-6)4(7)8/h1-3H2. The Bertz CT molecular complexity index is 80.3. The first-order chi connectivity index (χ1) is 4.06. The van der Waals surface area contributed by atoms with Crippen molar-refractivity contribution in [2.45, 2.75) is 12.1 Å². The zero-order valence-electron chi connectivity index (χ0n) is 4.63. The Balaban J connectivity index is 3.92. The highest BCUT2D eigenvalue weighted by molar-refractivity contribution is 6.18. The first-order valence-electron chi connectivity index (χ1n) is 2.29. The molecule has 0 aliphatic carbocycles. The summed E-state index contributed by atoms with van der Waals surface area (Å²) in [7, 11) is 0. The highest BCUT2D eigenvalue weighted by Gasteiger charge is 2.39. The van der Waals surface area contributed by atoms with Crippen LogP contribution in [0.1, 0.15) is 6.42 Å². The number of halogens is 4. The van der Waals surface area contributed by atoms with Crippen LogP contribution in [-0.2, 0) is 0 Å². The van der Waals surface area contributed by atoms with Crippen LogP contribution in [0.4, 0.5) is 13.2 Å². The molecule has 0 N–H and O–H groups in total. The molecule has 0 amide bonds. The largest absolute Gasteiger partial charge is 0.347 e. The van der Waals surface area contributed by atoms with Crippen molar-refractivity contribution in [1.29, 1.82) is 0 Å². The van der Waals surface area contributed by atoms with Crippen molar-refractivity contribution in [2.24, 2.45) is 0 Å². The summed E-state index contributed by atoms with van der Waals surface area (Å²) < 4.78 is 35.4. The van der Waals surface area contributed by atoms with E-state index in [1.54, 1.807) is 0 Å². The van der Waals surface area contributed by atoms with E-state index < -0.39 is 24.4 Å². The molecule has 4 heteroatoms. The molecule has 0 aliphatic rings. The minimum atomic E-state index is -2.68. The summed E-state index contributed by atoms with van der Waals surface area (Å²) in [4.78, 5) is 0. The van der Waals surface area contributed by atoms with Gasteiger partial charge in [0, 0.05) is 0 Å². The van der Waals surface area contributed by atoms with Crippen LogP contribution in [0.25, 0.3) is 0 Å². The Morgan fingerprint density at radius 3 is 2.00 bits per heavy atom. The summed E-state index contributed by atoms with van der Waals surface area (Å²) in [5.74, 6) is -0.737. The molecule has 0 bridgehead atoms. The van der Waals surface area contributed by atoms with Gasteiger partial charge < -0.3 is 0 Å². The molecule has 0 saturated carbocycles. The van der Waals surface area contributed by atoms with E-state index in [0.717, 1.165) is 0 Å². The molecular formula is C5H6ClF3. The minimum absolute atomic E-state index is 0.529. The molecule has 0 aliphatic heterocycles.